The lowest BCUT2D eigenvalue weighted by molar-refractivity contribution is 0.125. The monoisotopic (exact) mass is 298 g/mol. The van der Waals surface area contributed by atoms with Crippen molar-refractivity contribution in [2.75, 3.05) is 11.5 Å². The molecule has 0 aliphatic heterocycles. The van der Waals surface area contributed by atoms with E-state index in [0.717, 1.165) is 0 Å². The van der Waals surface area contributed by atoms with Crippen LogP contribution in [0.4, 0.5) is 11.4 Å². The van der Waals surface area contributed by atoms with Gasteiger partial charge < -0.3 is 11.5 Å². The number of hydrogen-bond donors (Lipinski definition) is 4. The molecule has 0 saturated heterocycles. The van der Waals surface area contributed by atoms with Gasteiger partial charge in [-0.15, -0.1) is 23.3 Å². The number of thiol groups is 2. The number of fused-ring (bicyclic) bond motifs is 1. The Morgan fingerprint density at radius 1 is 0.737 bits per heavy atom. The maximum Gasteiger partial charge on any atom is 0.0550 e. The molecule has 0 heterocycles. The second-order valence-electron chi connectivity index (χ2n) is 6.90. The van der Waals surface area contributed by atoms with E-state index in [2.05, 4.69) is 77.0 Å². The lowest BCUT2D eigenvalue weighted by Gasteiger charge is -2.44. The minimum absolute atomic E-state index is 0.105. The molecule has 0 radical (unpaired) electrons. The van der Waals surface area contributed by atoms with Crippen molar-refractivity contribution in [2.24, 2.45) is 5.41 Å². The molecule has 1 aromatic rings. The van der Waals surface area contributed by atoms with E-state index in [9.17, 15) is 0 Å². The first-order valence-electron chi connectivity index (χ1n) is 6.43. The standard InChI is InChI=1S/C15H24N2.H2S2/c1-13(2)9-7-11(16)12(17)8-10(9)14(3,4)15(13,5)6;1-2/h7-8H,16-17H2,1-6H3;1-2H. The highest BCUT2D eigenvalue weighted by Crippen LogP contribution is 2.62. The van der Waals surface area contributed by atoms with Gasteiger partial charge in [0.1, 0.15) is 0 Å². The molecule has 0 atom stereocenters. The molecule has 0 aromatic heterocycles. The number of nitrogens with two attached hydrogens (primary N) is 2. The minimum Gasteiger partial charge on any atom is -0.397 e. The Bertz CT molecular complexity index is 448. The molecular formula is C15H26N2S2. The molecule has 0 fully saturated rings. The van der Waals surface area contributed by atoms with Crippen LogP contribution in [0.25, 0.3) is 0 Å². The molecule has 4 heteroatoms. The third kappa shape index (κ3) is 2.04. The lowest BCUT2D eigenvalue weighted by Crippen LogP contribution is -2.42. The van der Waals surface area contributed by atoms with Crippen LogP contribution >= 0.6 is 23.3 Å². The summed E-state index contributed by atoms with van der Waals surface area (Å²) in [6.45, 7) is 13.9. The third-order valence-corrected chi connectivity index (χ3v) is 5.69. The second kappa shape index (κ2) is 4.81. The van der Waals surface area contributed by atoms with Crippen LogP contribution in [-0.4, -0.2) is 0 Å². The van der Waals surface area contributed by atoms with Crippen molar-refractivity contribution in [3.05, 3.63) is 23.3 Å². The van der Waals surface area contributed by atoms with Crippen LogP contribution in [0, 0.1) is 5.41 Å². The van der Waals surface area contributed by atoms with Gasteiger partial charge in [-0.2, -0.15) is 0 Å². The molecule has 2 rings (SSSR count). The van der Waals surface area contributed by atoms with Crippen LogP contribution in [-0.2, 0) is 10.8 Å². The van der Waals surface area contributed by atoms with Crippen molar-refractivity contribution in [3.63, 3.8) is 0 Å². The van der Waals surface area contributed by atoms with Crippen molar-refractivity contribution in [3.8, 4) is 0 Å². The van der Waals surface area contributed by atoms with E-state index < -0.39 is 0 Å². The van der Waals surface area contributed by atoms with E-state index >= 15 is 0 Å². The molecule has 0 saturated carbocycles. The predicted molar refractivity (Wildman–Crippen MR) is 93.1 cm³/mol. The number of anilines is 2. The van der Waals surface area contributed by atoms with Crippen molar-refractivity contribution in [1.29, 1.82) is 0 Å². The molecule has 1 aliphatic rings. The summed E-state index contributed by atoms with van der Waals surface area (Å²) < 4.78 is 0. The fraction of sp³-hybridized carbons (Fsp3) is 0.600. The summed E-state index contributed by atoms with van der Waals surface area (Å²) in [7, 11) is 0. The van der Waals surface area contributed by atoms with E-state index in [-0.39, 0.29) is 16.2 Å². The Kier molecular flexibility index (Phi) is 4.20. The van der Waals surface area contributed by atoms with Crippen molar-refractivity contribution < 1.29 is 0 Å². The van der Waals surface area contributed by atoms with E-state index in [0.29, 0.717) is 11.4 Å². The lowest BCUT2D eigenvalue weighted by atomic mass is 9.59. The van der Waals surface area contributed by atoms with Gasteiger partial charge in [-0.1, -0.05) is 41.5 Å². The first-order valence-corrected chi connectivity index (χ1v) is 8.03. The van der Waals surface area contributed by atoms with Crippen LogP contribution in [0.5, 0.6) is 0 Å². The van der Waals surface area contributed by atoms with Gasteiger partial charge in [-0.3, -0.25) is 0 Å². The molecule has 1 aliphatic carbocycles. The molecule has 0 spiro atoms. The Morgan fingerprint density at radius 3 is 1.26 bits per heavy atom. The predicted octanol–water partition coefficient (Wildman–Crippen LogP) is 4.21. The van der Waals surface area contributed by atoms with Gasteiger partial charge in [0.25, 0.3) is 0 Å². The first kappa shape index (κ1) is 16.6. The summed E-state index contributed by atoms with van der Waals surface area (Å²) in [5.41, 5.74) is 16.4. The molecule has 0 unspecified atom stereocenters. The second-order valence-corrected chi connectivity index (χ2v) is 6.90. The zero-order valence-electron chi connectivity index (χ0n) is 12.7. The normalized spacial score (nSPS) is 21.3. The van der Waals surface area contributed by atoms with Crippen LogP contribution in [0.1, 0.15) is 52.7 Å². The molecule has 19 heavy (non-hydrogen) atoms. The van der Waals surface area contributed by atoms with Crippen LogP contribution < -0.4 is 11.5 Å². The molecule has 4 N–H and O–H groups in total. The Morgan fingerprint density at radius 2 is 1.00 bits per heavy atom. The van der Waals surface area contributed by atoms with E-state index in [1.165, 1.54) is 11.1 Å². The van der Waals surface area contributed by atoms with Gasteiger partial charge in [0.05, 0.1) is 11.4 Å². The number of benzene rings is 1. The smallest absolute Gasteiger partial charge is 0.0550 e. The van der Waals surface area contributed by atoms with Gasteiger partial charge in [-0.05, 0) is 39.5 Å². The van der Waals surface area contributed by atoms with Gasteiger partial charge in [-0.25, -0.2) is 0 Å². The third-order valence-electron chi connectivity index (χ3n) is 5.69. The Hall–Kier alpha value is -0.480. The zero-order valence-corrected chi connectivity index (χ0v) is 14.5. The summed E-state index contributed by atoms with van der Waals surface area (Å²) in [6, 6.07) is 4.14. The first-order chi connectivity index (χ1) is 8.53. The average Bonchev–Trinajstić information content (AvgIpc) is 2.41. The van der Waals surface area contributed by atoms with Crippen LogP contribution in [0.3, 0.4) is 0 Å². The maximum absolute atomic E-state index is 5.97. The topological polar surface area (TPSA) is 52.0 Å². The largest absolute Gasteiger partial charge is 0.397 e. The maximum atomic E-state index is 5.97. The summed E-state index contributed by atoms with van der Waals surface area (Å²) >= 11 is 6.44. The fourth-order valence-corrected chi connectivity index (χ4v) is 3.12. The zero-order chi connectivity index (χ0) is 15.2. The highest BCUT2D eigenvalue weighted by atomic mass is 33.1. The summed E-state index contributed by atoms with van der Waals surface area (Å²) in [6.07, 6.45) is 0. The SMILES string of the molecule is CC1(C)c2cc(N)c(N)cc2C(C)(C)C1(C)C.SS. The number of nitrogen functional groups attached to an aromatic ring is 2. The molecule has 0 amide bonds. The van der Waals surface area contributed by atoms with Crippen LogP contribution in [0.2, 0.25) is 0 Å². The fourth-order valence-electron chi connectivity index (χ4n) is 3.12. The van der Waals surface area contributed by atoms with Crippen molar-refractivity contribution in [2.45, 2.75) is 52.4 Å². The minimum atomic E-state index is 0.105. The highest BCUT2D eigenvalue weighted by molar-refractivity contribution is 8.59. The average molecular weight is 299 g/mol. The Labute approximate surface area is 127 Å². The Balaban J connectivity index is 0.000000861. The summed E-state index contributed by atoms with van der Waals surface area (Å²) in [5.74, 6) is 0. The summed E-state index contributed by atoms with van der Waals surface area (Å²) in [5, 5.41) is 0. The number of rotatable bonds is 0. The van der Waals surface area contributed by atoms with E-state index in [1.807, 2.05) is 0 Å². The van der Waals surface area contributed by atoms with Gasteiger partial charge >= 0.3 is 0 Å². The van der Waals surface area contributed by atoms with E-state index in [1.54, 1.807) is 0 Å². The quantitative estimate of drug-likeness (QED) is 0.329. The van der Waals surface area contributed by atoms with Crippen LogP contribution in [0.15, 0.2) is 12.1 Å². The van der Waals surface area contributed by atoms with Gasteiger partial charge in [0, 0.05) is 0 Å². The number of hydrogen-bond acceptors (Lipinski definition) is 4. The van der Waals surface area contributed by atoms with E-state index in [4.69, 9.17) is 11.5 Å². The molecule has 2 nitrogen and oxygen atoms in total. The molecule has 0 bridgehead atoms. The molecule has 108 valence electrons. The molecule has 1 aromatic carbocycles. The highest BCUT2D eigenvalue weighted by Gasteiger charge is 2.56. The van der Waals surface area contributed by atoms with Crippen molar-refractivity contribution in [1.82, 2.24) is 0 Å². The summed E-state index contributed by atoms with van der Waals surface area (Å²) in [4.78, 5) is 0. The molecular weight excluding hydrogens is 272 g/mol. The van der Waals surface area contributed by atoms with Gasteiger partial charge in [0.15, 0.2) is 0 Å². The van der Waals surface area contributed by atoms with Gasteiger partial charge in [0.2, 0.25) is 0 Å². The van der Waals surface area contributed by atoms with Crippen molar-refractivity contribution >= 4 is 34.7 Å².